The van der Waals surface area contributed by atoms with Crippen molar-refractivity contribution in [3.8, 4) is 0 Å². The number of anilines is 1. The molecule has 1 N–H and O–H groups in total. The van der Waals surface area contributed by atoms with Crippen LogP contribution in [0.4, 0.5) is 10.1 Å². The minimum atomic E-state index is -0.168. The van der Waals surface area contributed by atoms with Crippen LogP contribution in [0.2, 0.25) is 0 Å². The normalized spacial score (nSPS) is 21.0. The van der Waals surface area contributed by atoms with E-state index in [4.69, 9.17) is 0 Å². The number of aliphatic hydroxyl groups is 1. The lowest BCUT2D eigenvalue weighted by atomic mass is 10.1. The van der Waals surface area contributed by atoms with Crippen LogP contribution in [0.25, 0.3) is 0 Å². The Balaban J connectivity index is 2.25. The number of benzene rings is 1. The molecule has 1 atom stereocenters. The first kappa shape index (κ1) is 10.4. The van der Waals surface area contributed by atoms with E-state index in [1.54, 1.807) is 13.0 Å². The summed E-state index contributed by atoms with van der Waals surface area (Å²) >= 11 is 0. The van der Waals surface area contributed by atoms with E-state index in [9.17, 15) is 9.50 Å². The highest BCUT2D eigenvalue weighted by Gasteiger charge is 2.23. The Bertz CT molecular complexity index is 353. The van der Waals surface area contributed by atoms with E-state index in [2.05, 4.69) is 4.90 Å². The Kier molecular flexibility index (Phi) is 2.91. The number of hydrogen-bond donors (Lipinski definition) is 1. The lowest BCUT2D eigenvalue weighted by Gasteiger charge is -2.25. The Labute approximate surface area is 89.3 Å². The zero-order valence-electron chi connectivity index (χ0n) is 8.91. The van der Waals surface area contributed by atoms with Crippen LogP contribution >= 0.6 is 0 Å². The summed E-state index contributed by atoms with van der Waals surface area (Å²) in [6.07, 6.45) is 2.12. The maximum Gasteiger partial charge on any atom is 0.126 e. The first-order valence-electron chi connectivity index (χ1n) is 5.36. The summed E-state index contributed by atoms with van der Waals surface area (Å²) in [6, 6.07) is 5.34. The first-order valence-corrected chi connectivity index (χ1v) is 5.36. The molecule has 1 unspecified atom stereocenters. The SMILES string of the molecule is Cc1cc(N2CCCC2CO)ccc1F. The third-order valence-corrected chi connectivity index (χ3v) is 3.06. The van der Waals surface area contributed by atoms with Gasteiger partial charge in [0, 0.05) is 12.2 Å². The molecule has 2 nitrogen and oxygen atoms in total. The van der Waals surface area contributed by atoms with E-state index in [1.165, 1.54) is 6.07 Å². The Morgan fingerprint density at radius 3 is 3.00 bits per heavy atom. The van der Waals surface area contributed by atoms with Crippen molar-refractivity contribution in [3.63, 3.8) is 0 Å². The topological polar surface area (TPSA) is 23.5 Å². The van der Waals surface area contributed by atoms with Gasteiger partial charge in [-0.1, -0.05) is 0 Å². The summed E-state index contributed by atoms with van der Waals surface area (Å²) in [5.74, 6) is -0.168. The van der Waals surface area contributed by atoms with Crippen molar-refractivity contribution in [2.75, 3.05) is 18.1 Å². The number of halogens is 1. The van der Waals surface area contributed by atoms with Crippen molar-refractivity contribution in [2.45, 2.75) is 25.8 Å². The number of hydrogen-bond acceptors (Lipinski definition) is 2. The molecule has 1 aliphatic heterocycles. The first-order chi connectivity index (χ1) is 7.22. The number of aryl methyl sites for hydroxylation is 1. The summed E-state index contributed by atoms with van der Waals surface area (Å²) in [7, 11) is 0. The molecular formula is C12H16FNO. The van der Waals surface area contributed by atoms with Crippen molar-refractivity contribution in [1.29, 1.82) is 0 Å². The van der Waals surface area contributed by atoms with Crippen LogP contribution in [-0.4, -0.2) is 24.3 Å². The van der Waals surface area contributed by atoms with Crippen molar-refractivity contribution in [2.24, 2.45) is 0 Å². The van der Waals surface area contributed by atoms with Gasteiger partial charge in [-0.25, -0.2) is 4.39 Å². The highest BCUT2D eigenvalue weighted by molar-refractivity contribution is 5.50. The molecule has 1 saturated heterocycles. The van der Waals surface area contributed by atoms with Crippen LogP contribution in [0.5, 0.6) is 0 Å². The summed E-state index contributed by atoms with van der Waals surface area (Å²) in [4.78, 5) is 2.16. The van der Waals surface area contributed by atoms with E-state index >= 15 is 0 Å². The molecule has 0 amide bonds. The molecule has 1 aromatic rings. The minimum absolute atomic E-state index is 0.168. The molecule has 82 valence electrons. The summed E-state index contributed by atoms with van der Waals surface area (Å²) in [6.45, 7) is 2.90. The van der Waals surface area contributed by atoms with E-state index in [-0.39, 0.29) is 18.5 Å². The zero-order chi connectivity index (χ0) is 10.8. The maximum atomic E-state index is 13.1. The molecule has 1 aromatic carbocycles. The molecule has 0 bridgehead atoms. The smallest absolute Gasteiger partial charge is 0.126 e. The second-order valence-electron chi connectivity index (χ2n) is 4.11. The molecule has 3 heteroatoms. The monoisotopic (exact) mass is 209 g/mol. The quantitative estimate of drug-likeness (QED) is 0.806. The van der Waals surface area contributed by atoms with Gasteiger partial charge in [-0.3, -0.25) is 0 Å². The van der Waals surface area contributed by atoms with Gasteiger partial charge >= 0.3 is 0 Å². The predicted octanol–water partition coefficient (Wildman–Crippen LogP) is 2.10. The van der Waals surface area contributed by atoms with E-state index < -0.39 is 0 Å². The second kappa shape index (κ2) is 4.19. The van der Waals surface area contributed by atoms with Crippen LogP contribution in [-0.2, 0) is 0 Å². The Morgan fingerprint density at radius 1 is 1.53 bits per heavy atom. The second-order valence-corrected chi connectivity index (χ2v) is 4.11. The largest absolute Gasteiger partial charge is 0.394 e. The Hall–Kier alpha value is -1.09. The minimum Gasteiger partial charge on any atom is -0.394 e. The summed E-state index contributed by atoms with van der Waals surface area (Å²) < 4.78 is 13.1. The van der Waals surface area contributed by atoms with Crippen molar-refractivity contribution in [3.05, 3.63) is 29.6 Å². The lowest BCUT2D eigenvalue weighted by molar-refractivity contribution is 0.266. The zero-order valence-corrected chi connectivity index (χ0v) is 8.91. The van der Waals surface area contributed by atoms with Gasteiger partial charge in [0.05, 0.1) is 12.6 Å². The van der Waals surface area contributed by atoms with E-state index in [0.717, 1.165) is 25.1 Å². The van der Waals surface area contributed by atoms with Gasteiger partial charge in [0.25, 0.3) is 0 Å². The van der Waals surface area contributed by atoms with Gasteiger partial charge in [-0.2, -0.15) is 0 Å². The fourth-order valence-corrected chi connectivity index (χ4v) is 2.17. The van der Waals surface area contributed by atoms with Gasteiger partial charge in [0.2, 0.25) is 0 Å². The number of rotatable bonds is 2. The van der Waals surface area contributed by atoms with Crippen LogP contribution < -0.4 is 4.90 Å². The van der Waals surface area contributed by atoms with Gasteiger partial charge < -0.3 is 10.0 Å². The Morgan fingerprint density at radius 2 is 2.33 bits per heavy atom. The van der Waals surface area contributed by atoms with Gasteiger partial charge in [-0.15, -0.1) is 0 Å². The number of nitrogens with zero attached hydrogens (tertiary/aromatic N) is 1. The fraction of sp³-hybridized carbons (Fsp3) is 0.500. The standard InChI is InChI=1S/C12H16FNO/c1-9-7-10(4-5-12(9)13)14-6-2-3-11(14)8-15/h4-5,7,11,15H,2-3,6,8H2,1H3. The predicted molar refractivity (Wildman–Crippen MR) is 58.6 cm³/mol. The van der Waals surface area contributed by atoms with Crippen LogP contribution in [0, 0.1) is 12.7 Å². The van der Waals surface area contributed by atoms with Crippen molar-refractivity contribution >= 4 is 5.69 Å². The molecule has 0 saturated carbocycles. The van der Waals surface area contributed by atoms with Crippen molar-refractivity contribution in [1.82, 2.24) is 0 Å². The lowest BCUT2D eigenvalue weighted by Crippen LogP contribution is -2.32. The third kappa shape index (κ3) is 1.97. The van der Waals surface area contributed by atoms with Gasteiger partial charge in [0.15, 0.2) is 0 Å². The van der Waals surface area contributed by atoms with Crippen LogP contribution in [0.15, 0.2) is 18.2 Å². The molecule has 1 fully saturated rings. The average Bonchev–Trinajstić information content (AvgIpc) is 2.70. The fourth-order valence-electron chi connectivity index (χ4n) is 2.17. The molecule has 1 heterocycles. The van der Waals surface area contributed by atoms with Gasteiger partial charge in [0.1, 0.15) is 5.82 Å². The molecule has 0 spiro atoms. The summed E-state index contributed by atoms with van der Waals surface area (Å²) in [5.41, 5.74) is 1.68. The van der Waals surface area contributed by atoms with E-state index in [0.29, 0.717) is 5.56 Å². The molecule has 15 heavy (non-hydrogen) atoms. The summed E-state index contributed by atoms with van der Waals surface area (Å²) in [5, 5.41) is 9.21. The molecule has 0 aromatic heterocycles. The highest BCUT2D eigenvalue weighted by atomic mass is 19.1. The van der Waals surface area contributed by atoms with Crippen LogP contribution in [0.1, 0.15) is 18.4 Å². The van der Waals surface area contributed by atoms with E-state index in [1.807, 2.05) is 6.07 Å². The highest BCUT2D eigenvalue weighted by Crippen LogP contribution is 2.26. The molecular weight excluding hydrogens is 193 g/mol. The maximum absolute atomic E-state index is 13.1. The molecule has 2 rings (SSSR count). The third-order valence-electron chi connectivity index (χ3n) is 3.06. The van der Waals surface area contributed by atoms with Crippen molar-refractivity contribution < 1.29 is 9.50 Å². The van der Waals surface area contributed by atoms with Crippen LogP contribution in [0.3, 0.4) is 0 Å². The van der Waals surface area contributed by atoms with Gasteiger partial charge in [-0.05, 0) is 43.5 Å². The molecule has 0 radical (unpaired) electrons. The average molecular weight is 209 g/mol. The molecule has 0 aliphatic carbocycles. The number of aliphatic hydroxyl groups excluding tert-OH is 1. The molecule has 1 aliphatic rings.